The summed E-state index contributed by atoms with van der Waals surface area (Å²) in [5, 5.41) is 0. The topological polar surface area (TPSA) is 54.4 Å². The second-order valence-corrected chi connectivity index (χ2v) is 3.21. The van der Waals surface area contributed by atoms with Crippen LogP contribution in [0.15, 0.2) is 0 Å². The average molecular weight is 192 g/mol. The van der Waals surface area contributed by atoms with Crippen molar-refractivity contribution in [2.45, 2.75) is 19.8 Å². The summed E-state index contributed by atoms with van der Waals surface area (Å²) in [6.07, 6.45) is 1.33. The maximum Gasteiger partial charge on any atom is 0.264 e. The van der Waals surface area contributed by atoms with Crippen molar-refractivity contribution < 1.29 is 17.7 Å². The minimum Gasteiger partial charge on any atom is -0.286 e. The van der Waals surface area contributed by atoms with Crippen LogP contribution in [0.3, 0.4) is 0 Å². The Balaban J connectivity index is -0.000000245. The zero-order chi connectivity index (χ0) is 6.62. The van der Waals surface area contributed by atoms with Crippen molar-refractivity contribution >= 4 is 23.6 Å². The molecule has 0 unspecified atom stereocenters. The smallest absolute Gasteiger partial charge is 0.264 e. The minimum absolute atomic E-state index is 0. The van der Waals surface area contributed by atoms with Crippen molar-refractivity contribution in [1.82, 2.24) is 0 Å². The van der Waals surface area contributed by atoms with Gasteiger partial charge in [-0.05, 0) is 6.42 Å². The SMILES string of the molecule is CCCCS(=O)(=O)O.F.S. The number of hydrogen-bond donors (Lipinski definition) is 1. The second-order valence-electron chi connectivity index (χ2n) is 1.64. The lowest BCUT2D eigenvalue weighted by Gasteiger charge is -1.90. The van der Waals surface area contributed by atoms with Crippen LogP contribution in [0.5, 0.6) is 0 Å². The van der Waals surface area contributed by atoms with E-state index in [2.05, 4.69) is 0 Å². The van der Waals surface area contributed by atoms with Crippen molar-refractivity contribution in [2.24, 2.45) is 0 Å². The first-order valence-corrected chi connectivity index (χ1v) is 4.12. The highest BCUT2D eigenvalue weighted by molar-refractivity contribution is 7.85. The first-order chi connectivity index (χ1) is 3.56. The molecule has 66 valence electrons. The van der Waals surface area contributed by atoms with Gasteiger partial charge in [-0.2, -0.15) is 21.9 Å². The molecule has 0 aromatic heterocycles. The number of rotatable bonds is 3. The summed E-state index contributed by atoms with van der Waals surface area (Å²) >= 11 is 0. The highest BCUT2D eigenvalue weighted by Crippen LogP contribution is 1.90. The molecule has 0 saturated carbocycles. The average Bonchev–Trinajstić information content (AvgIpc) is 1.59. The van der Waals surface area contributed by atoms with Gasteiger partial charge in [0.25, 0.3) is 10.1 Å². The van der Waals surface area contributed by atoms with E-state index in [-0.39, 0.29) is 24.0 Å². The largest absolute Gasteiger partial charge is 0.286 e. The molecule has 0 aliphatic heterocycles. The summed E-state index contributed by atoms with van der Waals surface area (Å²) in [6.45, 7) is 1.87. The van der Waals surface area contributed by atoms with Gasteiger partial charge in [0.05, 0.1) is 5.75 Å². The Morgan fingerprint density at radius 3 is 1.90 bits per heavy atom. The van der Waals surface area contributed by atoms with Gasteiger partial charge in [0, 0.05) is 0 Å². The van der Waals surface area contributed by atoms with Gasteiger partial charge in [-0.1, -0.05) is 13.3 Å². The van der Waals surface area contributed by atoms with E-state index in [1.807, 2.05) is 6.92 Å². The van der Waals surface area contributed by atoms with E-state index in [1.54, 1.807) is 0 Å². The summed E-state index contributed by atoms with van der Waals surface area (Å²) < 4.78 is 28.0. The van der Waals surface area contributed by atoms with Gasteiger partial charge < -0.3 is 0 Å². The Hall–Kier alpha value is 0.190. The molecule has 0 aliphatic rings. The van der Waals surface area contributed by atoms with Gasteiger partial charge in [-0.3, -0.25) is 9.26 Å². The first kappa shape index (κ1) is 16.6. The Bertz CT molecular complexity index is 143. The third-order valence-electron chi connectivity index (χ3n) is 0.756. The van der Waals surface area contributed by atoms with Crippen molar-refractivity contribution in [3.8, 4) is 0 Å². The van der Waals surface area contributed by atoms with E-state index in [0.717, 1.165) is 6.42 Å². The Morgan fingerprint density at radius 1 is 1.40 bits per heavy atom. The first-order valence-electron chi connectivity index (χ1n) is 2.51. The molecule has 0 aromatic carbocycles. The molecule has 0 saturated heterocycles. The molecule has 10 heavy (non-hydrogen) atoms. The van der Waals surface area contributed by atoms with Gasteiger partial charge >= 0.3 is 0 Å². The summed E-state index contributed by atoms with van der Waals surface area (Å²) in [5.74, 6) is -0.108. The van der Waals surface area contributed by atoms with Crippen molar-refractivity contribution in [3.63, 3.8) is 0 Å². The van der Waals surface area contributed by atoms with Crippen LogP contribution in [0.25, 0.3) is 0 Å². The molecular weight excluding hydrogens is 179 g/mol. The zero-order valence-electron chi connectivity index (χ0n) is 5.70. The third-order valence-corrected chi connectivity index (χ3v) is 1.56. The number of unbranched alkanes of at least 4 members (excludes halogenated alkanes) is 1. The second kappa shape index (κ2) is 7.30. The third kappa shape index (κ3) is 15.7. The van der Waals surface area contributed by atoms with Crippen molar-refractivity contribution in [1.29, 1.82) is 0 Å². The predicted octanol–water partition coefficient (Wildman–Crippen LogP) is 0.940. The Labute approximate surface area is 67.4 Å². The Morgan fingerprint density at radius 2 is 1.80 bits per heavy atom. The van der Waals surface area contributed by atoms with Crippen LogP contribution < -0.4 is 0 Å². The number of halogens is 1. The van der Waals surface area contributed by atoms with Gasteiger partial charge in [-0.25, -0.2) is 0 Å². The van der Waals surface area contributed by atoms with Crippen LogP contribution in [-0.4, -0.2) is 18.7 Å². The fraction of sp³-hybridized carbons (Fsp3) is 1.00. The van der Waals surface area contributed by atoms with Crippen molar-refractivity contribution in [3.05, 3.63) is 0 Å². The monoisotopic (exact) mass is 192 g/mol. The lowest BCUT2D eigenvalue weighted by Crippen LogP contribution is -2.02. The molecule has 0 spiro atoms. The molecule has 0 aliphatic carbocycles. The van der Waals surface area contributed by atoms with Crippen LogP contribution in [0, 0.1) is 0 Å². The van der Waals surface area contributed by atoms with Crippen LogP contribution in [-0.2, 0) is 10.1 Å². The normalized spacial score (nSPS) is 9.40. The molecule has 3 nitrogen and oxygen atoms in total. The molecule has 1 N–H and O–H groups in total. The lowest BCUT2D eigenvalue weighted by molar-refractivity contribution is 0.480. The van der Waals surface area contributed by atoms with Gasteiger partial charge in [0.2, 0.25) is 0 Å². The van der Waals surface area contributed by atoms with Crippen LogP contribution in [0.2, 0.25) is 0 Å². The highest BCUT2D eigenvalue weighted by atomic mass is 32.2. The van der Waals surface area contributed by atoms with E-state index in [0.29, 0.717) is 6.42 Å². The van der Waals surface area contributed by atoms with E-state index in [1.165, 1.54) is 0 Å². The lowest BCUT2D eigenvalue weighted by atomic mass is 10.4. The molecule has 0 bridgehead atoms. The summed E-state index contributed by atoms with van der Waals surface area (Å²) in [5.41, 5.74) is 0. The minimum atomic E-state index is -3.69. The molecule has 0 amide bonds. The Kier molecular flexibility index (Phi) is 12.2. The van der Waals surface area contributed by atoms with E-state index >= 15 is 0 Å². The van der Waals surface area contributed by atoms with E-state index < -0.39 is 10.1 Å². The molecule has 0 rings (SSSR count). The van der Waals surface area contributed by atoms with Crippen molar-refractivity contribution in [2.75, 3.05) is 5.75 Å². The summed E-state index contributed by atoms with van der Waals surface area (Å²) in [6, 6.07) is 0. The van der Waals surface area contributed by atoms with E-state index in [4.69, 9.17) is 4.55 Å². The molecule has 0 atom stereocenters. The molecular formula is C4H13FO3S2. The molecule has 0 aromatic rings. The molecule has 0 fully saturated rings. The predicted molar refractivity (Wildman–Crippen MR) is 44.2 cm³/mol. The van der Waals surface area contributed by atoms with Crippen LogP contribution in [0.1, 0.15) is 19.8 Å². The van der Waals surface area contributed by atoms with Crippen LogP contribution in [0.4, 0.5) is 4.70 Å². The van der Waals surface area contributed by atoms with E-state index in [9.17, 15) is 8.42 Å². The molecule has 6 heteroatoms. The maximum absolute atomic E-state index is 9.95. The molecule has 0 heterocycles. The molecule has 0 radical (unpaired) electrons. The quantitative estimate of drug-likeness (QED) is 0.677. The fourth-order valence-corrected chi connectivity index (χ4v) is 0.980. The van der Waals surface area contributed by atoms with Gasteiger partial charge in [0.15, 0.2) is 0 Å². The summed E-state index contributed by atoms with van der Waals surface area (Å²) in [4.78, 5) is 0. The number of hydrogen-bond acceptors (Lipinski definition) is 2. The fourth-order valence-electron chi connectivity index (χ4n) is 0.327. The van der Waals surface area contributed by atoms with Crippen LogP contribution >= 0.6 is 13.5 Å². The standard InChI is InChI=1S/C4H10O3S.FH.H2S/c1-2-3-4-8(5,6)7;;/h2-4H2,1H3,(H,5,6,7);1H;1H2. The van der Waals surface area contributed by atoms with Gasteiger partial charge in [0.1, 0.15) is 0 Å². The zero-order valence-corrected chi connectivity index (χ0v) is 7.52. The highest BCUT2D eigenvalue weighted by Gasteiger charge is 2.00. The summed E-state index contributed by atoms with van der Waals surface area (Å²) in [7, 11) is -3.69. The maximum atomic E-state index is 9.95. The van der Waals surface area contributed by atoms with Gasteiger partial charge in [-0.15, -0.1) is 0 Å².